The predicted octanol–water partition coefficient (Wildman–Crippen LogP) is 3.18. The van der Waals surface area contributed by atoms with Gasteiger partial charge in [0.15, 0.2) is 0 Å². The van der Waals surface area contributed by atoms with Crippen LogP contribution in [0.25, 0.3) is 0 Å². The fourth-order valence-corrected chi connectivity index (χ4v) is 2.02. The van der Waals surface area contributed by atoms with Gasteiger partial charge in [-0.05, 0) is 44.5 Å². The second-order valence-electron chi connectivity index (χ2n) is 5.08. The lowest BCUT2D eigenvalue weighted by molar-refractivity contribution is -0.0116. The van der Waals surface area contributed by atoms with Crippen LogP contribution in [0.2, 0.25) is 0 Å². The van der Waals surface area contributed by atoms with Crippen molar-refractivity contribution in [2.24, 2.45) is 0 Å². The molecule has 0 bridgehead atoms. The highest BCUT2D eigenvalue weighted by Gasteiger charge is 2.13. The van der Waals surface area contributed by atoms with Gasteiger partial charge in [0.05, 0.1) is 32.5 Å². The average molecular weight is 295 g/mol. The molecule has 0 fully saturated rings. The zero-order valence-corrected chi connectivity index (χ0v) is 13.7. The number of ether oxygens (including phenoxy) is 3. The van der Waals surface area contributed by atoms with Gasteiger partial charge in [0, 0.05) is 6.61 Å². The highest BCUT2D eigenvalue weighted by atomic mass is 16.5. The third-order valence-corrected chi connectivity index (χ3v) is 3.26. The van der Waals surface area contributed by atoms with Crippen LogP contribution in [0.4, 0.5) is 0 Å². The lowest BCUT2D eigenvalue weighted by Gasteiger charge is -2.22. The molecule has 0 saturated heterocycles. The molecule has 0 aliphatic heterocycles. The topological polar surface area (TPSA) is 39.7 Å². The van der Waals surface area contributed by atoms with Crippen molar-refractivity contribution >= 4 is 0 Å². The number of hydrogen-bond acceptors (Lipinski definition) is 4. The molecule has 1 N–H and O–H groups in total. The first-order chi connectivity index (χ1) is 10.2. The minimum absolute atomic E-state index is 0.106. The molecule has 0 spiro atoms. The van der Waals surface area contributed by atoms with E-state index in [9.17, 15) is 0 Å². The molecular weight excluding hydrogens is 266 g/mol. The molecule has 1 aromatic carbocycles. The van der Waals surface area contributed by atoms with E-state index in [1.807, 2.05) is 26.0 Å². The molecule has 1 aromatic rings. The third-order valence-electron chi connectivity index (χ3n) is 3.26. The van der Waals surface area contributed by atoms with Crippen molar-refractivity contribution in [1.82, 2.24) is 5.32 Å². The first kappa shape index (κ1) is 18.0. The molecule has 0 aliphatic rings. The molecule has 0 heterocycles. The van der Waals surface area contributed by atoms with Crippen LogP contribution in [0.15, 0.2) is 24.3 Å². The van der Waals surface area contributed by atoms with Crippen LogP contribution >= 0.6 is 0 Å². The van der Waals surface area contributed by atoms with Gasteiger partial charge < -0.3 is 19.5 Å². The maximum atomic E-state index is 5.90. The maximum Gasteiger partial charge on any atom is 0.118 e. The molecule has 2 atom stereocenters. The smallest absolute Gasteiger partial charge is 0.118 e. The van der Waals surface area contributed by atoms with Gasteiger partial charge in [-0.15, -0.1) is 0 Å². The molecule has 120 valence electrons. The normalized spacial score (nSPS) is 13.9. The van der Waals surface area contributed by atoms with Crippen molar-refractivity contribution < 1.29 is 14.2 Å². The van der Waals surface area contributed by atoms with E-state index in [0.717, 1.165) is 25.3 Å². The van der Waals surface area contributed by atoms with Gasteiger partial charge in [0.2, 0.25) is 0 Å². The summed E-state index contributed by atoms with van der Waals surface area (Å²) in [5.41, 5.74) is 1.22. The second-order valence-corrected chi connectivity index (χ2v) is 5.08. The quantitative estimate of drug-likeness (QED) is 0.680. The lowest BCUT2D eigenvalue weighted by atomic mass is 10.1. The summed E-state index contributed by atoms with van der Waals surface area (Å²) in [6.07, 6.45) is 1.20. The van der Waals surface area contributed by atoms with Gasteiger partial charge in [-0.2, -0.15) is 0 Å². The van der Waals surface area contributed by atoms with Gasteiger partial charge in [-0.1, -0.05) is 19.1 Å². The predicted molar refractivity (Wildman–Crippen MR) is 85.9 cm³/mol. The second kappa shape index (κ2) is 10.6. The minimum atomic E-state index is 0.106. The Bertz CT molecular complexity index is 367. The van der Waals surface area contributed by atoms with Crippen molar-refractivity contribution in [3.8, 4) is 5.75 Å². The van der Waals surface area contributed by atoms with Crippen molar-refractivity contribution in [3.05, 3.63) is 29.8 Å². The summed E-state index contributed by atoms with van der Waals surface area (Å²) in [5, 5.41) is 3.53. The van der Waals surface area contributed by atoms with Crippen LogP contribution in [-0.2, 0) is 9.47 Å². The molecule has 21 heavy (non-hydrogen) atoms. The Morgan fingerprint density at radius 1 is 1.10 bits per heavy atom. The van der Waals surface area contributed by atoms with Gasteiger partial charge in [-0.3, -0.25) is 0 Å². The number of hydrogen-bond donors (Lipinski definition) is 1. The fourth-order valence-electron chi connectivity index (χ4n) is 2.02. The molecule has 0 aromatic heterocycles. The van der Waals surface area contributed by atoms with Gasteiger partial charge in [-0.25, -0.2) is 0 Å². The summed E-state index contributed by atoms with van der Waals surface area (Å²) < 4.78 is 16.5. The van der Waals surface area contributed by atoms with E-state index >= 15 is 0 Å². The summed E-state index contributed by atoms with van der Waals surface area (Å²) in [4.78, 5) is 0. The molecule has 0 amide bonds. The highest BCUT2D eigenvalue weighted by Crippen LogP contribution is 2.18. The molecule has 0 aliphatic carbocycles. The van der Waals surface area contributed by atoms with E-state index < -0.39 is 0 Å². The lowest BCUT2D eigenvalue weighted by Crippen LogP contribution is -2.29. The zero-order chi connectivity index (χ0) is 15.5. The standard InChI is InChI=1S/C17H29NO3/c1-5-11-18-17(13-21-14(3)12-20-6-2)15-7-9-16(19-4)10-8-15/h7-10,14,17-18H,5-6,11-13H2,1-4H3. The van der Waals surface area contributed by atoms with Crippen LogP contribution in [-0.4, -0.2) is 39.6 Å². The summed E-state index contributed by atoms with van der Waals surface area (Å²) in [7, 11) is 1.68. The van der Waals surface area contributed by atoms with Crippen molar-refractivity contribution in [2.45, 2.75) is 39.3 Å². The number of nitrogens with one attached hydrogen (secondary N) is 1. The molecule has 4 heteroatoms. The molecular formula is C17H29NO3. The van der Waals surface area contributed by atoms with E-state index in [1.165, 1.54) is 5.56 Å². The maximum absolute atomic E-state index is 5.90. The summed E-state index contributed by atoms with van der Waals surface area (Å²) >= 11 is 0. The van der Waals surface area contributed by atoms with Crippen molar-refractivity contribution in [3.63, 3.8) is 0 Å². The van der Waals surface area contributed by atoms with Crippen LogP contribution < -0.4 is 10.1 Å². The van der Waals surface area contributed by atoms with Gasteiger partial charge in [0.1, 0.15) is 5.75 Å². The Hall–Kier alpha value is -1.10. The minimum Gasteiger partial charge on any atom is -0.497 e. The number of rotatable bonds is 11. The van der Waals surface area contributed by atoms with Crippen LogP contribution in [0.5, 0.6) is 5.75 Å². The van der Waals surface area contributed by atoms with E-state index in [0.29, 0.717) is 13.2 Å². The first-order valence-corrected chi connectivity index (χ1v) is 7.77. The van der Waals surface area contributed by atoms with Crippen molar-refractivity contribution in [2.75, 3.05) is 33.5 Å². The first-order valence-electron chi connectivity index (χ1n) is 7.77. The Kier molecular flexibility index (Phi) is 9.06. The van der Waals surface area contributed by atoms with Crippen molar-refractivity contribution in [1.29, 1.82) is 0 Å². The largest absolute Gasteiger partial charge is 0.497 e. The van der Waals surface area contributed by atoms with E-state index in [4.69, 9.17) is 14.2 Å². The summed E-state index contributed by atoms with van der Waals surface area (Å²) in [6, 6.07) is 8.34. The highest BCUT2D eigenvalue weighted by molar-refractivity contribution is 5.29. The van der Waals surface area contributed by atoms with Crippen LogP contribution in [0.1, 0.15) is 38.8 Å². The third kappa shape index (κ3) is 6.93. The van der Waals surface area contributed by atoms with E-state index in [-0.39, 0.29) is 12.1 Å². The number of methoxy groups -OCH3 is 1. The zero-order valence-electron chi connectivity index (χ0n) is 13.7. The monoisotopic (exact) mass is 295 g/mol. The molecule has 4 nitrogen and oxygen atoms in total. The van der Waals surface area contributed by atoms with Gasteiger partial charge >= 0.3 is 0 Å². The van der Waals surface area contributed by atoms with E-state index in [1.54, 1.807) is 7.11 Å². The summed E-state index contributed by atoms with van der Waals surface area (Å²) in [5.74, 6) is 0.874. The van der Waals surface area contributed by atoms with Crippen LogP contribution in [0, 0.1) is 0 Å². The Morgan fingerprint density at radius 3 is 2.38 bits per heavy atom. The molecule has 0 radical (unpaired) electrons. The Morgan fingerprint density at radius 2 is 1.81 bits per heavy atom. The Labute approximate surface area is 128 Å². The molecule has 2 unspecified atom stereocenters. The average Bonchev–Trinajstić information content (AvgIpc) is 2.53. The Balaban J connectivity index is 2.57. The molecule has 0 saturated carbocycles. The number of benzene rings is 1. The van der Waals surface area contributed by atoms with E-state index in [2.05, 4.69) is 24.4 Å². The fraction of sp³-hybridized carbons (Fsp3) is 0.647. The SMILES string of the molecule is CCCNC(COC(C)COCC)c1ccc(OC)cc1. The summed E-state index contributed by atoms with van der Waals surface area (Å²) in [6.45, 7) is 9.18. The van der Waals surface area contributed by atoms with Gasteiger partial charge in [0.25, 0.3) is 0 Å². The molecule has 1 rings (SSSR count). The van der Waals surface area contributed by atoms with Crippen LogP contribution in [0.3, 0.4) is 0 Å².